The maximum Gasteiger partial charge on any atom is 0.252 e. The maximum absolute atomic E-state index is 12.5. The van der Waals surface area contributed by atoms with Crippen LogP contribution in [0.2, 0.25) is 0 Å². The first-order chi connectivity index (χ1) is 13.2. The summed E-state index contributed by atoms with van der Waals surface area (Å²) in [5, 5.41) is 4.35. The van der Waals surface area contributed by atoms with E-state index in [1.54, 1.807) is 0 Å². The quantitative estimate of drug-likeness (QED) is 0.720. The molecule has 138 valence electrons. The highest BCUT2D eigenvalue weighted by Crippen LogP contribution is 2.44. The monoisotopic (exact) mass is 361 g/mol. The number of pyridine rings is 1. The van der Waals surface area contributed by atoms with Crippen molar-refractivity contribution in [3.05, 3.63) is 47.7 Å². The van der Waals surface area contributed by atoms with Crippen LogP contribution in [0.25, 0.3) is 22.2 Å². The number of hydrogen-bond acceptors (Lipinski definition) is 3. The first-order valence-corrected chi connectivity index (χ1v) is 9.78. The van der Waals surface area contributed by atoms with E-state index in [9.17, 15) is 4.79 Å². The minimum absolute atomic E-state index is 0.0698. The minimum atomic E-state index is -0.173. The third-order valence-corrected chi connectivity index (χ3v) is 5.96. The Hall–Kier alpha value is -2.82. The summed E-state index contributed by atoms with van der Waals surface area (Å²) in [6, 6.07) is 10.2. The van der Waals surface area contributed by atoms with E-state index in [-0.39, 0.29) is 11.4 Å². The second-order valence-corrected chi connectivity index (χ2v) is 7.54. The van der Waals surface area contributed by atoms with Gasteiger partial charge in [-0.1, -0.05) is 25.3 Å². The first kappa shape index (κ1) is 16.4. The van der Waals surface area contributed by atoms with Gasteiger partial charge in [0, 0.05) is 28.8 Å². The molecule has 0 radical (unpaired) electrons. The number of fused-ring (bicyclic) bond motifs is 3. The molecule has 1 aliphatic carbocycles. The Labute approximate surface area is 158 Å². The van der Waals surface area contributed by atoms with E-state index in [0.717, 1.165) is 46.1 Å². The molecule has 3 heterocycles. The highest BCUT2D eigenvalue weighted by molar-refractivity contribution is 6.01. The summed E-state index contributed by atoms with van der Waals surface area (Å²) in [5.41, 5.74) is 4.86. The number of H-pyrrole nitrogens is 1. The van der Waals surface area contributed by atoms with Gasteiger partial charge in [0.25, 0.3) is 5.91 Å². The normalized spacial score (nSPS) is 17.9. The van der Waals surface area contributed by atoms with Gasteiger partial charge >= 0.3 is 0 Å². The second-order valence-electron chi connectivity index (χ2n) is 7.54. The van der Waals surface area contributed by atoms with Crippen LogP contribution in [0.5, 0.6) is 5.88 Å². The predicted octanol–water partition coefficient (Wildman–Crippen LogP) is 4.53. The molecule has 0 unspecified atom stereocenters. The van der Waals surface area contributed by atoms with E-state index in [0.29, 0.717) is 12.5 Å². The fraction of sp³-hybridized carbons (Fsp3) is 0.364. The number of carbonyl (C=O) groups excluding carboxylic acids is 1. The van der Waals surface area contributed by atoms with Gasteiger partial charge in [0.05, 0.1) is 12.1 Å². The fourth-order valence-corrected chi connectivity index (χ4v) is 4.66. The number of carbonyl (C=O) groups is 1. The largest absolute Gasteiger partial charge is 0.478 e. The van der Waals surface area contributed by atoms with Gasteiger partial charge in [-0.05, 0) is 49.1 Å². The van der Waals surface area contributed by atoms with Crippen LogP contribution in [0.3, 0.4) is 0 Å². The van der Waals surface area contributed by atoms with Crippen LogP contribution in [0.4, 0.5) is 0 Å². The molecule has 1 saturated carbocycles. The van der Waals surface area contributed by atoms with Crippen molar-refractivity contribution >= 4 is 16.9 Å². The summed E-state index contributed by atoms with van der Waals surface area (Å²) in [7, 11) is 0. The van der Waals surface area contributed by atoms with Crippen molar-refractivity contribution in [1.29, 1.82) is 0 Å². The molecular weight excluding hydrogens is 338 g/mol. The van der Waals surface area contributed by atoms with Crippen LogP contribution in [0.1, 0.15) is 54.9 Å². The number of aromatic nitrogens is 2. The summed E-state index contributed by atoms with van der Waals surface area (Å²) in [5.74, 6) is 0.698. The average molecular weight is 361 g/mol. The Balaban J connectivity index is 1.60. The van der Waals surface area contributed by atoms with Crippen molar-refractivity contribution in [1.82, 2.24) is 15.3 Å². The van der Waals surface area contributed by atoms with Crippen molar-refractivity contribution < 1.29 is 9.53 Å². The molecule has 5 nitrogen and oxygen atoms in total. The lowest BCUT2D eigenvalue weighted by Crippen LogP contribution is -2.40. The number of rotatable bonds is 3. The Morgan fingerprint density at radius 2 is 1.96 bits per heavy atom. The van der Waals surface area contributed by atoms with Crippen LogP contribution in [-0.2, 0) is 5.54 Å². The van der Waals surface area contributed by atoms with Crippen LogP contribution in [-0.4, -0.2) is 22.5 Å². The predicted molar refractivity (Wildman–Crippen MR) is 105 cm³/mol. The van der Waals surface area contributed by atoms with E-state index in [1.165, 1.54) is 19.3 Å². The molecule has 2 aliphatic rings. The molecular formula is C22H23N3O2. The number of ether oxygens (including phenoxy) is 1. The molecule has 2 N–H and O–H groups in total. The molecule has 1 amide bonds. The Morgan fingerprint density at radius 3 is 2.78 bits per heavy atom. The first-order valence-electron chi connectivity index (χ1n) is 9.78. The van der Waals surface area contributed by atoms with Crippen molar-refractivity contribution in [3.63, 3.8) is 0 Å². The van der Waals surface area contributed by atoms with Gasteiger partial charge in [0.1, 0.15) is 5.65 Å². The Bertz CT molecular complexity index is 1030. The highest BCUT2D eigenvalue weighted by Gasteiger charge is 2.43. The molecule has 3 aromatic rings. The molecule has 1 aliphatic heterocycles. The number of amides is 1. The summed E-state index contributed by atoms with van der Waals surface area (Å²) in [4.78, 5) is 20.3. The van der Waals surface area contributed by atoms with Crippen molar-refractivity contribution in [3.8, 4) is 17.0 Å². The lowest BCUT2D eigenvalue weighted by Gasteiger charge is -2.34. The zero-order valence-electron chi connectivity index (χ0n) is 15.5. The van der Waals surface area contributed by atoms with Gasteiger partial charge in [0.2, 0.25) is 5.88 Å². The van der Waals surface area contributed by atoms with E-state index < -0.39 is 0 Å². The highest BCUT2D eigenvalue weighted by atomic mass is 16.5. The van der Waals surface area contributed by atoms with Gasteiger partial charge in [0.15, 0.2) is 0 Å². The van der Waals surface area contributed by atoms with Crippen molar-refractivity contribution in [2.75, 3.05) is 6.61 Å². The Morgan fingerprint density at radius 1 is 1.11 bits per heavy atom. The molecule has 1 spiro atoms. The molecule has 5 heteroatoms. The Kier molecular flexibility index (Phi) is 3.71. The van der Waals surface area contributed by atoms with Crippen LogP contribution in [0, 0.1) is 0 Å². The molecule has 1 aromatic carbocycles. The molecule has 27 heavy (non-hydrogen) atoms. The van der Waals surface area contributed by atoms with Crippen LogP contribution < -0.4 is 10.1 Å². The van der Waals surface area contributed by atoms with Gasteiger partial charge in [-0.15, -0.1) is 0 Å². The third-order valence-electron chi connectivity index (χ3n) is 5.96. The van der Waals surface area contributed by atoms with E-state index in [1.807, 2.05) is 37.4 Å². The maximum atomic E-state index is 12.5. The SMILES string of the molecule is CCOc1ccc2c(-c3ccc4c(c3)C3(CCCCC3)NC4=O)c[nH]c2n1. The smallest absolute Gasteiger partial charge is 0.252 e. The van der Waals surface area contributed by atoms with E-state index >= 15 is 0 Å². The third kappa shape index (κ3) is 2.52. The molecule has 0 bridgehead atoms. The zero-order chi connectivity index (χ0) is 18.4. The standard InChI is InChI=1S/C22H23N3O2/c1-2-27-19-9-8-15-17(13-23-20(15)24-19)14-6-7-16-18(12-14)22(25-21(16)26)10-4-3-5-11-22/h6-9,12-13H,2-5,10-11H2,1H3,(H,23,24)(H,25,26). The lowest BCUT2D eigenvalue weighted by molar-refractivity contribution is 0.0909. The summed E-state index contributed by atoms with van der Waals surface area (Å²) >= 11 is 0. The summed E-state index contributed by atoms with van der Waals surface area (Å²) in [6.07, 6.45) is 7.64. The average Bonchev–Trinajstić information content (AvgIpc) is 3.22. The van der Waals surface area contributed by atoms with Gasteiger partial charge in [-0.25, -0.2) is 0 Å². The fourth-order valence-electron chi connectivity index (χ4n) is 4.66. The molecule has 2 aromatic heterocycles. The number of benzene rings is 1. The number of nitrogens with zero attached hydrogens (tertiary/aromatic N) is 1. The van der Waals surface area contributed by atoms with Gasteiger partial charge in [-0.3, -0.25) is 4.79 Å². The number of aromatic amines is 1. The molecule has 5 rings (SSSR count). The van der Waals surface area contributed by atoms with Crippen molar-refractivity contribution in [2.45, 2.75) is 44.6 Å². The lowest BCUT2D eigenvalue weighted by atomic mass is 9.77. The van der Waals surface area contributed by atoms with E-state index in [4.69, 9.17) is 4.74 Å². The van der Waals surface area contributed by atoms with Crippen LogP contribution in [0.15, 0.2) is 36.5 Å². The van der Waals surface area contributed by atoms with Crippen LogP contribution >= 0.6 is 0 Å². The molecule has 0 saturated heterocycles. The second kappa shape index (κ2) is 6.12. The zero-order valence-corrected chi connectivity index (χ0v) is 15.5. The number of nitrogens with one attached hydrogen (secondary N) is 2. The topological polar surface area (TPSA) is 67.0 Å². The number of hydrogen-bond donors (Lipinski definition) is 2. The van der Waals surface area contributed by atoms with Gasteiger partial charge < -0.3 is 15.0 Å². The summed E-state index contributed by atoms with van der Waals surface area (Å²) < 4.78 is 5.50. The van der Waals surface area contributed by atoms with Crippen molar-refractivity contribution in [2.24, 2.45) is 0 Å². The molecule has 1 fully saturated rings. The van der Waals surface area contributed by atoms with Gasteiger partial charge in [-0.2, -0.15) is 4.98 Å². The minimum Gasteiger partial charge on any atom is -0.478 e. The van der Waals surface area contributed by atoms with E-state index in [2.05, 4.69) is 21.4 Å². The molecule has 0 atom stereocenters. The summed E-state index contributed by atoms with van der Waals surface area (Å²) in [6.45, 7) is 2.55.